The quantitative estimate of drug-likeness (QED) is 0.839. The molecule has 0 spiro atoms. The molecule has 1 aromatic heterocycles. The van der Waals surface area contributed by atoms with E-state index in [0.717, 1.165) is 31.5 Å². The summed E-state index contributed by atoms with van der Waals surface area (Å²) in [6, 6.07) is 6.36. The molecule has 1 saturated heterocycles. The zero-order chi connectivity index (χ0) is 18.7. The lowest BCUT2D eigenvalue weighted by Gasteiger charge is -2.26. The molecule has 1 aromatic carbocycles. The Bertz CT molecular complexity index is 784. The van der Waals surface area contributed by atoms with Gasteiger partial charge in [0.1, 0.15) is 11.5 Å². The molecule has 7 heteroatoms. The third-order valence-electron chi connectivity index (χ3n) is 4.84. The van der Waals surface area contributed by atoms with Gasteiger partial charge in [-0.3, -0.25) is 9.48 Å². The average Bonchev–Trinajstić information content (AvgIpc) is 3.10. The number of hydrogen-bond donors (Lipinski definition) is 2. The molecule has 1 atom stereocenters. The summed E-state index contributed by atoms with van der Waals surface area (Å²) in [7, 11) is 0. The Morgan fingerprint density at radius 1 is 1.46 bits per heavy atom. The van der Waals surface area contributed by atoms with Crippen LogP contribution in [0.1, 0.15) is 48.8 Å². The lowest BCUT2D eigenvalue weighted by atomic mass is 9.84. The Balaban J connectivity index is 1.63. The van der Waals surface area contributed by atoms with Gasteiger partial charge >= 0.3 is 0 Å². The molecule has 0 bridgehead atoms. The minimum atomic E-state index is -0.434. The maximum absolute atomic E-state index is 13.3. The predicted molar refractivity (Wildman–Crippen MR) is 100 cm³/mol. The largest absolute Gasteiger partial charge is 0.350 e. The number of halogens is 2. The topological polar surface area (TPSA) is 59.0 Å². The Hall–Kier alpha value is -1.92. The fourth-order valence-corrected chi connectivity index (χ4v) is 3.67. The summed E-state index contributed by atoms with van der Waals surface area (Å²) in [5.74, 6) is -0.597. The van der Waals surface area contributed by atoms with Crippen molar-refractivity contribution < 1.29 is 9.18 Å². The van der Waals surface area contributed by atoms with Crippen LogP contribution in [-0.4, -0.2) is 35.3 Å². The first kappa shape index (κ1) is 18.9. The summed E-state index contributed by atoms with van der Waals surface area (Å²) in [6.07, 6.45) is 4.03. The van der Waals surface area contributed by atoms with E-state index in [9.17, 15) is 9.18 Å². The molecule has 3 rings (SSSR count). The van der Waals surface area contributed by atoms with Gasteiger partial charge in [-0.2, -0.15) is 5.10 Å². The standard InChI is InChI=1S/C19H24ClFN4O/c1-19(2,15-6-5-13(21)10-16(15)20)12-23-18(26)17-7-9-25(24-17)14-4-3-8-22-11-14/h5-7,9-10,14,22H,3-4,8,11-12H2,1-2H3,(H,23,26). The fraction of sp³-hybridized carbons (Fsp3) is 0.474. The molecule has 1 fully saturated rings. The van der Waals surface area contributed by atoms with Crippen LogP contribution in [0.3, 0.4) is 0 Å². The van der Waals surface area contributed by atoms with Crippen molar-refractivity contribution in [3.8, 4) is 0 Å². The second-order valence-corrected chi connectivity index (χ2v) is 7.78. The monoisotopic (exact) mass is 378 g/mol. The second kappa shape index (κ2) is 7.76. The molecule has 1 amide bonds. The maximum Gasteiger partial charge on any atom is 0.271 e. The number of carbonyl (C=O) groups is 1. The highest BCUT2D eigenvalue weighted by Gasteiger charge is 2.25. The number of amides is 1. The third kappa shape index (κ3) is 4.24. The number of carbonyl (C=O) groups excluding carboxylic acids is 1. The molecule has 1 aliphatic rings. The number of hydrogen-bond acceptors (Lipinski definition) is 3. The molecule has 140 valence electrons. The van der Waals surface area contributed by atoms with Crippen LogP contribution in [0, 0.1) is 5.82 Å². The molecule has 0 radical (unpaired) electrons. The zero-order valence-electron chi connectivity index (χ0n) is 15.1. The Kier molecular flexibility index (Phi) is 5.63. The Morgan fingerprint density at radius 3 is 2.96 bits per heavy atom. The molecule has 2 N–H and O–H groups in total. The smallest absolute Gasteiger partial charge is 0.271 e. The number of piperidine rings is 1. The van der Waals surface area contributed by atoms with E-state index in [2.05, 4.69) is 15.7 Å². The van der Waals surface area contributed by atoms with Crippen LogP contribution in [0.25, 0.3) is 0 Å². The van der Waals surface area contributed by atoms with Crippen molar-refractivity contribution in [2.75, 3.05) is 19.6 Å². The summed E-state index contributed by atoms with van der Waals surface area (Å²) in [4.78, 5) is 12.5. The van der Waals surface area contributed by atoms with Crippen molar-refractivity contribution >= 4 is 17.5 Å². The first-order valence-corrected chi connectivity index (χ1v) is 9.24. The van der Waals surface area contributed by atoms with E-state index in [1.807, 2.05) is 24.7 Å². The van der Waals surface area contributed by atoms with Gasteiger partial charge in [-0.25, -0.2) is 4.39 Å². The highest BCUT2D eigenvalue weighted by molar-refractivity contribution is 6.31. The van der Waals surface area contributed by atoms with Gasteiger partial charge in [0, 0.05) is 29.7 Å². The molecule has 0 aliphatic carbocycles. The number of rotatable bonds is 5. The van der Waals surface area contributed by atoms with Crippen molar-refractivity contribution in [3.05, 3.63) is 52.6 Å². The first-order valence-electron chi connectivity index (χ1n) is 8.86. The van der Waals surface area contributed by atoms with Gasteiger partial charge in [-0.15, -0.1) is 0 Å². The van der Waals surface area contributed by atoms with Gasteiger partial charge in [-0.05, 0) is 43.1 Å². The Labute approximate surface area is 157 Å². The van der Waals surface area contributed by atoms with E-state index < -0.39 is 5.41 Å². The second-order valence-electron chi connectivity index (χ2n) is 7.37. The molecule has 1 unspecified atom stereocenters. The van der Waals surface area contributed by atoms with E-state index in [4.69, 9.17) is 11.6 Å². The van der Waals surface area contributed by atoms with Crippen LogP contribution in [-0.2, 0) is 5.41 Å². The zero-order valence-corrected chi connectivity index (χ0v) is 15.8. The van der Waals surface area contributed by atoms with Crippen molar-refractivity contribution in [2.24, 2.45) is 0 Å². The minimum Gasteiger partial charge on any atom is -0.350 e. The molecule has 1 aliphatic heterocycles. The predicted octanol–water partition coefficient (Wildman–Crippen LogP) is 3.31. The van der Waals surface area contributed by atoms with Crippen LogP contribution in [0.15, 0.2) is 30.5 Å². The van der Waals surface area contributed by atoms with Crippen molar-refractivity contribution in [1.82, 2.24) is 20.4 Å². The summed E-state index contributed by atoms with van der Waals surface area (Å²) in [6.45, 7) is 6.19. The van der Waals surface area contributed by atoms with Gasteiger partial charge in [0.05, 0.1) is 6.04 Å². The molecule has 2 aromatic rings. The van der Waals surface area contributed by atoms with Gasteiger partial charge < -0.3 is 10.6 Å². The van der Waals surface area contributed by atoms with Crippen molar-refractivity contribution in [1.29, 1.82) is 0 Å². The van der Waals surface area contributed by atoms with Crippen LogP contribution in [0.5, 0.6) is 0 Å². The molecular weight excluding hydrogens is 355 g/mol. The lowest BCUT2D eigenvalue weighted by molar-refractivity contribution is 0.0939. The van der Waals surface area contributed by atoms with Gasteiger partial charge in [0.25, 0.3) is 5.91 Å². The van der Waals surface area contributed by atoms with Gasteiger partial charge in [0.15, 0.2) is 0 Å². The van der Waals surface area contributed by atoms with Crippen LogP contribution in [0.2, 0.25) is 5.02 Å². The van der Waals surface area contributed by atoms with E-state index in [1.165, 1.54) is 12.1 Å². The number of aromatic nitrogens is 2. The van der Waals surface area contributed by atoms with E-state index in [0.29, 0.717) is 23.3 Å². The van der Waals surface area contributed by atoms with Crippen LogP contribution < -0.4 is 10.6 Å². The summed E-state index contributed by atoms with van der Waals surface area (Å²) in [5, 5.41) is 11.0. The molecule has 2 heterocycles. The fourth-order valence-electron chi connectivity index (χ4n) is 3.25. The normalized spacial score (nSPS) is 17.9. The van der Waals surface area contributed by atoms with Crippen LogP contribution >= 0.6 is 11.6 Å². The minimum absolute atomic E-state index is 0.223. The van der Waals surface area contributed by atoms with E-state index in [1.54, 1.807) is 12.1 Å². The number of benzene rings is 1. The third-order valence-corrected chi connectivity index (χ3v) is 5.15. The van der Waals surface area contributed by atoms with Crippen molar-refractivity contribution in [2.45, 2.75) is 38.1 Å². The average molecular weight is 379 g/mol. The number of nitrogens with zero attached hydrogens (tertiary/aromatic N) is 2. The number of nitrogens with one attached hydrogen (secondary N) is 2. The Morgan fingerprint density at radius 2 is 2.27 bits per heavy atom. The first-order chi connectivity index (χ1) is 12.4. The van der Waals surface area contributed by atoms with Crippen molar-refractivity contribution in [3.63, 3.8) is 0 Å². The highest BCUT2D eigenvalue weighted by atomic mass is 35.5. The molecule has 5 nitrogen and oxygen atoms in total. The molecular formula is C19H24ClFN4O. The lowest BCUT2D eigenvalue weighted by Crippen LogP contribution is -2.37. The van der Waals surface area contributed by atoms with Crippen LogP contribution in [0.4, 0.5) is 4.39 Å². The van der Waals surface area contributed by atoms with Gasteiger partial charge in [-0.1, -0.05) is 31.5 Å². The summed E-state index contributed by atoms with van der Waals surface area (Å²) >= 11 is 6.16. The highest BCUT2D eigenvalue weighted by Crippen LogP contribution is 2.30. The van der Waals surface area contributed by atoms with Gasteiger partial charge in [0.2, 0.25) is 0 Å². The SMILES string of the molecule is CC(C)(CNC(=O)c1ccn(C2CCCNC2)n1)c1ccc(F)cc1Cl. The maximum atomic E-state index is 13.3. The summed E-state index contributed by atoms with van der Waals surface area (Å²) in [5.41, 5.74) is 0.757. The molecule has 26 heavy (non-hydrogen) atoms. The van der Waals surface area contributed by atoms with E-state index in [-0.39, 0.29) is 11.7 Å². The van der Waals surface area contributed by atoms with E-state index >= 15 is 0 Å². The molecule has 0 saturated carbocycles. The summed E-state index contributed by atoms with van der Waals surface area (Å²) < 4.78 is 15.1.